The van der Waals surface area contributed by atoms with E-state index in [-0.39, 0.29) is 11.5 Å². The highest BCUT2D eigenvalue weighted by atomic mass is 16.6. The Morgan fingerprint density at radius 2 is 2.42 bits per heavy atom. The highest BCUT2D eigenvalue weighted by molar-refractivity contribution is 4.92. The van der Waals surface area contributed by atoms with E-state index in [0.29, 0.717) is 5.92 Å². The number of nitrogens with zero attached hydrogens (tertiary/aromatic N) is 1. The molecule has 0 saturated heterocycles. The molecule has 0 spiro atoms. The molecule has 0 radical (unpaired) electrons. The first-order chi connectivity index (χ1) is 5.79. The van der Waals surface area contributed by atoms with Crippen LogP contribution in [0, 0.1) is 16.0 Å². The SMILES string of the molecule is O=[N+]([O-])CCCC1C=CCCC1. The summed E-state index contributed by atoms with van der Waals surface area (Å²) in [4.78, 5) is 9.80. The van der Waals surface area contributed by atoms with Crippen molar-refractivity contribution in [3.05, 3.63) is 22.3 Å². The minimum absolute atomic E-state index is 0.129. The third-order valence-corrected chi connectivity index (χ3v) is 2.27. The van der Waals surface area contributed by atoms with Crippen LogP contribution in [-0.2, 0) is 0 Å². The summed E-state index contributed by atoms with van der Waals surface area (Å²) < 4.78 is 0. The summed E-state index contributed by atoms with van der Waals surface area (Å²) in [5.74, 6) is 0.610. The molecule has 1 unspecified atom stereocenters. The molecule has 0 heterocycles. The Hall–Kier alpha value is -0.860. The highest BCUT2D eigenvalue weighted by Gasteiger charge is 2.09. The lowest BCUT2D eigenvalue weighted by Gasteiger charge is -2.14. The van der Waals surface area contributed by atoms with Crippen LogP contribution in [0.15, 0.2) is 12.2 Å². The Kier molecular flexibility index (Phi) is 3.77. The van der Waals surface area contributed by atoms with Crippen molar-refractivity contribution in [2.24, 2.45) is 5.92 Å². The lowest BCUT2D eigenvalue weighted by molar-refractivity contribution is -0.480. The Morgan fingerprint density at radius 1 is 1.58 bits per heavy atom. The average molecular weight is 169 g/mol. The van der Waals surface area contributed by atoms with Gasteiger partial charge in [0.05, 0.1) is 0 Å². The van der Waals surface area contributed by atoms with Crippen LogP contribution in [0.4, 0.5) is 0 Å². The van der Waals surface area contributed by atoms with Gasteiger partial charge < -0.3 is 0 Å². The third-order valence-electron chi connectivity index (χ3n) is 2.27. The molecule has 0 aromatic carbocycles. The van der Waals surface area contributed by atoms with Crippen molar-refractivity contribution in [3.8, 4) is 0 Å². The van der Waals surface area contributed by atoms with Gasteiger partial charge in [-0.15, -0.1) is 0 Å². The first-order valence-electron chi connectivity index (χ1n) is 4.57. The quantitative estimate of drug-likeness (QED) is 0.368. The minimum Gasteiger partial charge on any atom is -0.265 e. The number of hydrogen-bond donors (Lipinski definition) is 0. The summed E-state index contributed by atoms with van der Waals surface area (Å²) in [6, 6.07) is 0. The molecule has 3 heteroatoms. The third kappa shape index (κ3) is 3.51. The molecule has 3 nitrogen and oxygen atoms in total. The topological polar surface area (TPSA) is 43.1 Å². The molecule has 0 fully saturated rings. The zero-order chi connectivity index (χ0) is 8.81. The standard InChI is InChI=1S/C9H15NO2/c11-10(12)8-4-7-9-5-2-1-3-6-9/h2,5,9H,1,3-4,6-8H2. The summed E-state index contributed by atoms with van der Waals surface area (Å²) in [5.41, 5.74) is 0. The van der Waals surface area contributed by atoms with Gasteiger partial charge in [-0.2, -0.15) is 0 Å². The van der Waals surface area contributed by atoms with Crippen LogP contribution in [0.3, 0.4) is 0 Å². The van der Waals surface area contributed by atoms with Gasteiger partial charge in [-0.3, -0.25) is 10.1 Å². The number of hydrogen-bond acceptors (Lipinski definition) is 2. The lowest BCUT2D eigenvalue weighted by Crippen LogP contribution is -2.05. The van der Waals surface area contributed by atoms with Crippen LogP contribution in [-0.4, -0.2) is 11.5 Å². The zero-order valence-corrected chi connectivity index (χ0v) is 7.24. The summed E-state index contributed by atoms with van der Waals surface area (Å²) in [7, 11) is 0. The largest absolute Gasteiger partial charge is 0.265 e. The van der Waals surface area contributed by atoms with Gasteiger partial charge in [0, 0.05) is 11.3 Å². The Morgan fingerprint density at radius 3 is 3.00 bits per heavy atom. The fraction of sp³-hybridized carbons (Fsp3) is 0.778. The summed E-state index contributed by atoms with van der Waals surface area (Å²) in [5, 5.41) is 10.0. The molecule has 0 saturated carbocycles. The molecule has 1 rings (SSSR count). The normalized spacial score (nSPS) is 22.5. The van der Waals surface area contributed by atoms with E-state index in [4.69, 9.17) is 0 Å². The molecule has 0 N–H and O–H groups in total. The predicted molar refractivity (Wildman–Crippen MR) is 47.6 cm³/mol. The van der Waals surface area contributed by atoms with E-state index < -0.39 is 0 Å². The zero-order valence-electron chi connectivity index (χ0n) is 7.24. The number of rotatable bonds is 4. The number of nitro groups is 1. The van der Waals surface area contributed by atoms with Crippen molar-refractivity contribution < 1.29 is 4.92 Å². The van der Waals surface area contributed by atoms with Crippen LogP contribution < -0.4 is 0 Å². The summed E-state index contributed by atoms with van der Waals surface area (Å²) >= 11 is 0. The molecule has 0 amide bonds. The van der Waals surface area contributed by atoms with E-state index in [0.717, 1.165) is 12.8 Å². The van der Waals surface area contributed by atoms with Crippen LogP contribution in [0.1, 0.15) is 32.1 Å². The number of allylic oxidation sites excluding steroid dienone is 2. The molecule has 1 aliphatic carbocycles. The second-order valence-electron chi connectivity index (χ2n) is 3.32. The van der Waals surface area contributed by atoms with Gasteiger partial charge in [0.1, 0.15) is 0 Å². The van der Waals surface area contributed by atoms with Crippen molar-refractivity contribution in [3.63, 3.8) is 0 Å². The van der Waals surface area contributed by atoms with Crippen molar-refractivity contribution >= 4 is 0 Å². The maximum absolute atomic E-state index is 10.0. The van der Waals surface area contributed by atoms with Gasteiger partial charge in [0.25, 0.3) is 0 Å². The molecule has 1 aliphatic rings. The molecule has 12 heavy (non-hydrogen) atoms. The van der Waals surface area contributed by atoms with E-state index in [1.165, 1.54) is 19.3 Å². The Labute approximate surface area is 72.6 Å². The molecule has 68 valence electrons. The van der Waals surface area contributed by atoms with Crippen molar-refractivity contribution in [2.45, 2.75) is 32.1 Å². The second kappa shape index (κ2) is 4.91. The average Bonchev–Trinajstić information content (AvgIpc) is 2.05. The van der Waals surface area contributed by atoms with Crippen molar-refractivity contribution in [1.29, 1.82) is 0 Å². The highest BCUT2D eigenvalue weighted by Crippen LogP contribution is 2.21. The fourth-order valence-corrected chi connectivity index (χ4v) is 1.61. The van der Waals surface area contributed by atoms with Gasteiger partial charge in [0.15, 0.2) is 0 Å². The van der Waals surface area contributed by atoms with E-state index in [1.54, 1.807) is 0 Å². The van der Waals surface area contributed by atoms with Gasteiger partial charge >= 0.3 is 0 Å². The van der Waals surface area contributed by atoms with Crippen molar-refractivity contribution in [2.75, 3.05) is 6.54 Å². The molecule has 0 bridgehead atoms. The van der Waals surface area contributed by atoms with Gasteiger partial charge in [-0.05, 0) is 31.6 Å². The second-order valence-corrected chi connectivity index (χ2v) is 3.32. The van der Waals surface area contributed by atoms with E-state index in [2.05, 4.69) is 12.2 Å². The lowest BCUT2D eigenvalue weighted by atomic mass is 9.92. The predicted octanol–water partition coefficient (Wildman–Crippen LogP) is 2.40. The maximum atomic E-state index is 10.0. The molecule has 1 atom stereocenters. The minimum atomic E-state index is -0.230. The summed E-state index contributed by atoms with van der Waals surface area (Å²) in [6.07, 6.45) is 9.77. The molecular weight excluding hydrogens is 154 g/mol. The Bertz CT molecular complexity index is 177. The van der Waals surface area contributed by atoms with E-state index >= 15 is 0 Å². The van der Waals surface area contributed by atoms with Crippen LogP contribution in [0.2, 0.25) is 0 Å². The van der Waals surface area contributed by atoms with Gasteiger partial charge in [0.2, 0.25) is 6.54 Å². The first kappa shape index (κ1) is 9.23. The fourth-order valence-electron chi connectivity index (χ4n) is 1.61. The molecule has 0 aromatic rings. The first-order valence-corrected chi connectivity index (χ1v) is 4.57. The van der Waals surface area contributed by atoms with Crippen LogP contribution >= 0.6 is 0 Å². The van der Waals surface area contributed by atoms with Crippen molar-refractivity contribution in [1.82, 2.24) is 0 Å². The van der Waals surface area contributed by atoms with E-state index in [1.807, 2.05) is 0 Å². The smallest absolute Gasteiger partial charge is 0.203 e. The van der Waals surface area contributed by atoms with Gasteiger partial charge in [-0.1, -0.05) is 12.2 Å². The monoisotopic (exact) mass is 169 g/mol. The van der Waals surface area contributed by atoms with Gasteiger partial charge in [-0.25, -0.2) is 0 Å². The Balaban J connectivity index is 2.09. The molecule has 0 aliphatic heterocycles. The summed E-state index contributed by atoms with van der Waals surface area (Å²) in [6.45, 7) is 0.129. The molecule has 0 aromatic heterocycles. The maximum Gasteiger partial charge on any atom is 0.203 e. The van der Waals surface area contributed by atoms with Crippen LogP contribution in [0.25, 0.3) is 0 Å². The van der Waals surface area contributed by atoms with E-state index in [9.17, 15) is 10.1 Å². The molecular formula is C9H15NO2. The van der Waals surface area contributed by atoms with Crippen LogP contribution in [0.5, 0.6) is 0 Å².